The van der Waals surface area contributed by atoms with E-state index < -0.39 is 5.97 Å². The summed E-state index contributed by atoms with van der Waals surface area (Å²) in [6, 6.07) is 0. The second kappa shape index (κ2) is 7.24. The van der Waals surface area contributed by atoms with Crippen molar-refractivity contribution in [1.82, 2.24) is 4.98 Å². The summed E-state index contributed by atoms with van der Waals surface area (Å²) in [7, 11) is 0. The Labute approximate surface area is 105 Å². The van der Waals surface area contributed by atoms with Crippen molar-refractivity contribution in [2.75, 3.05) is 25.1 Å². The smallest absolute Gasteiger partial charge is 0.347 e. The number of hydrogen-bond acceptors (Lipinski definition) is 5. The highest BCUT2D eigenvalue weighted by molar-refractivity contribution is 7.17. The predicted octanol–water partition coefficient (Wildman–Crippen LogP) is 2.38. The molecule has 1 heterocycles. The number of carbonyl (C=O) groups is 1. The molecule has 17 heavy (non-hydrogen) atoms. The molecule has 96 valence electrons. The molecule has 0 aliphatic rings. The summed E-state index contributed by atoms with van der Waals surface area (Å²) in [5.74, 6) is -0.924. The van der Waals surface area contributed by atoms with Gasteiger partial charge in [0.15, 0.2) is 5.13 Å². The van der Waals surface area contributed by atoms with Crippen LogP contribution >= 0.6 is 11.3 Å². The van der Waals surface area contributed by atoms with E-state index in [0.29, 0.717) is 28.9 Å². The third-order valence-electron chi connectivity index (χ3n) is 2.16. The molecule has 0 saturated carbocycles. The van der Waals surface area contributed by atoms with Gasteiger partial charge in [0.1, 0.15) is 4.88 Å². The number of aromatic nitrogens is 1. The fourth-order valence-corrected chi connectivity index (χ4v) is 2.08. The summed E-state index contributed by atoms with van der Waals surface area (Å²) in [5.41, 5.74) is 0.553. The number of unbranched alkanes of at least 4 members (excludes halogenated alkanes) is 1. The number of thiazole rings is 1. The molecule has 1 aromatic rings. The van der Waals surface area contributed by atoms with E-state index in [-0.39, 0.29) is 0 Å². The quantitative estimate of drug-likeness (QED) is 0.700. The molecule has 0 aliphatic heterocycles. The van der Waals surface area contributed by atoms with Crippen molar-refractivity contribution in [3.63, 3.8) is 0 Å². The zero-order valence-electron chi connectivity index (χ0n) is 10.2. The van der Waals surface area contributed by atoms with Crippen LogP contribution in [0.3, 0.4) is 0 Å². The van der Waals surface area contributed by atoms with Crippen molar-refractivity contribution in [1.29, 1.82) is 0 Å². The molecule has 0 saturated heterocycles. The summed E-state index contributed by atoms with van der Waals surface area (Å²) in [6.45, 7) is 5.85. The molecule has 0 aliphatic carbocycles. The molecule has 0 amide bonds. The van der Waals surface area contributed by atoms with Gasteiger partial charge in [0.25, 0.3) is 0 Å². The zero-order chi connectivity index (χ0) is 12.7. The van der Waals surface area contributed by atoms with Gasteiger partial charge in [-0.15, -0.1) is 0 Å². The predicted molar refractivity (Wildman–Crippen MR) is 68.0 cm³/mol. The van der Waals surface area contributed by atoms with E-state index in [0.717, 1.165) is 30.8 Å². The lowest BCUT2D eigenvalue weighted by atomic mass is 10.4. The number of carboxylic acid groups (broad SMARTS) is 1. The minimum atomic E-state index is -0.924. The molecule has 0 aromatic carbocycles. The first-order valence-corrected chi connectivity index (χ1v) is 6.49. The van der Waals surface area contributed by atoms with Gasteiger partial charge in [-0.3, -0.25) is 0 Å². The largest absolute Gasteiger partial charge is 0.477 e. The van der Waals surface area contributed by atoms with Crippen molar-refractivity contribution >= 4 is 22.4 Å². The third kappa shape index (κ3) is 4.70. The number of rotatable bonds is 8. The van der Waals surface area contributed by atoms with Crippen LogP contribution < -0.4 is 5.32 Å². The van der Waals surface area contributed by atoms with E-state index in [9.17, 15) is 4.79 Å². The maximum Gasteiger partial charge on any atom is 0.347 e. The van der Waals surface area contributed by atoms with Gasteiger partial charge in [0.2, 0.25) is 0 Å². The molecular weight excluding hydrogens is 240 g/mol. The minimum absolute atomic E-state index is 0.291. The van der Waals surface area contributed by atoms with Gasteiger partial charge < -0.3 is 15.2 Å². The average Bonchev–Trinajstić information content (AvgIpc) is 2.65. The number of anilines is 1. The normalized spacial score (nSPS) is 10.5. The van der Waals surface area contributed by atoms with Gasteiger partial charge in [-0.25, -0.2) is 9.78 Å². The number of hydrogen-bond donors (Lipinski definition) is 2. The fraction of sp³-hybridized carbons (Fsp3) is 0.636. The Balaban J connectivity index is 2.27. The number of aryl methyl sites for hydroxylation is 1. The van der Waals surface area contributed by atoms with Crippen LogP contribution in [-0.4, -0.2) is 35.8 Å². The van der Waals surface area contributed by atoms with Crippen LogP contribution in [-0.2, 0) is 4.74 Å². The molecule has 6 heteroatoms. The number of carboxylic acids is 1. The number of aromatic carboxylic acids is 1. The number of ether oxygens (including phenoxy) is 1. The Morgan fingerprint density at radius 1 is 1.53 bits per heavy atom. The topological polar surface area (TPSA) is 71.5 Å². The Bertz CT molecular complexity index is 366. The molecule has 0 spiro atoms. The molecule has 1 aromatic heterocycles. The van der Waals surface area contributed by atoms with E-state index in [1.807, 2.05) is 0 Å². The van der Waals surface area contributed by atoms with E-state index in [1.54, 1.807) is 6.92 Å². The molecule has 0 atom stereocenters. The molecule has 0 fully saturated rings. The lowest BCUT2D eigenvalue weighted by Crippen LogP contribution is -2.09. The Kier molecular flexibility index (Phi) is 5.93. The first-order valence-electron chi connectivity index (χ1n) is 5.67. The van der Waals surface area contributed by atoms with Crippen LogP contribution in [0.25, 0.3) is 0 Å². The molecule has 1 rings (SSSR count). The van der Waals surface area contributed by atoms with Gasteiger partial charge in [-0.05, 0) is 13.3 Å². The van der Waals surface area contributed by atoms with E-state index in [1.165, 1.54) is 0 Å². The first-order chi connectivity index (χ1) is 8.15. The Morgan fingerprint density at radius 2 is 2.29 bits per heavy atom. The molecule has 0 unspecified atom stereocenters. The van der Waals surface area contributed by atoms with E-state index >= 15 is 0 Å². The lowest BCUT2D eigenvalue weighted by Gasteiger charge is -2.03. The van der Waals surface area contributed by atoms with Crippen molar-refractivity contribution in [3.05, 3.63) is 10.6 Å². The van der Waals surface area contributed by atoms with E-state index in [4.69, 9.17) is 9.84 Å². The van der Waals surface area contributed by atoms with Crippen LogP contribution in [0.2, 0.25) is 0 Å². The van der Waals surface area contributed by atoms with Crippen LogP contribution in [0.5, 0.6) is 0 Å². The van der Waals surface area contributed by atoms with Gasteiger partial charge in [0, 0.05) is 13.2 Å². The molecule has 5 nitrogen and oxygen atoms in total. The highest BCUT2D eigenvalue weighted by Gasteiger charge is 2.13. The molecule has 0 bridgehead atoms. The maximum atomic E-state index is 10.8. The standard InChI is InChI=1S/C11H18N2O3S/c1-3-4-6-16-7-5-12-11-13-8(2)9(17-11)10(14)15/h3-7H2,1-2H3,(H,12,13)(H,14,15). The maximum absolute atomic E-state index is 10.8. The van der Waals surface area contributed by atoms with Gasteiger partial charge in [-0.1, -0.05) is 24.7 Å². The van der Waals surface area contributed by atoms with E-state index in [2.05, 4.69) is 17.2 Å². The SMILES string of the molecule is CCCCOCCNc1nc(C)c(C(=O)O)s1. The minimum Gasteiger partial charge on any atom is -0.477 e. The summed E-state index contributed by atoms with van der Waals surface area (Å²) in [5, 5.41) is 12.6. The van der Waals surface area contributed by atoms with Crippen molar-refractivity contribution < 1.29 is 14.6 Å². The van der Waals surface area contributed by atoms with Crippen molar-refractivity contribution in [2.45, 2.75) is 26.7 Å². The highest BCUT2D eigenvalue weighted by atomic mass is 32.1. The summed E-state index contributed by atoms with van der Waals surface area (Å²) in [4.78, 5) is 15.2. The van der Waals surface area contributed by atoms with Crippen LogP contribution in [0, 0.1) is 6.92 Å². The first kappa shape index (κ1) is 13.9. The monoisotopic (exact) mass is 258 g/mol. The second-order valence-corrected chi connectivity index (χ2v) is 4.63. The van der Waals surface area contributed by atoms with Crippen molar-refractivity contribution in [2.24, 2.45) is 0 Å². The highest BCUT2D eigenvalue weighted by Crippen LogP contribution is 2.21. The van der Waals surface area contributed by atoms with Gasteiger partial charge in [0.05, 0.1) is 12.3 Å². The molecule has 0 radical (unpaired) electrons. The number of nitrogens with zero attached hydrogens (tertiary/aromatic N) is 1. The van der Waals surface area contributed by atoms with Gasteiger partial charge in [-0.2, -0.15) is 0 Å². The second-order valence-electron chi connectivity index (χ2n) is 3.63. The summed E-state index contributed by atoms with van der Waals surface area (Å²) < 4.78 is 5.38. The Morgan fingerprint density at radius 3 is 2.88 bits per heavy atom. The Hall–Kier alpha value is -1.14. The zero-order valence-corrected chi connectivity index (χ0v) is 11.0. The van der Waals surface area contributed by atoms with Crippen LogP contribution in [0.1, 0.15) is 35.1 Å². The van der Waals surface area contributed by atoms with Gasteiger partial charge >= 0.3 is 5.97 Å². The number of nitrogens with one attached hydrogen (secondary N) is 1. The third-order valence-corrected chi connectivity index (χ3v) is 3.26. The summed E-state index contributed by atoms with van der Waals surface area (Å²) in [6.07, 6.45) is 2.20. The van der Waals surface area contributed by atoms with Crippen LogP contribution in [0.4, 0.5) is 5.13 Å². The summed E-state index contributed by atoms with van der Waals surface area (Å²) >= 11 is 1.16. The fourth-order valence-electron chi connectivity index (χ4n) is 1.25. The average molecular weight is 258 g/mol. The molecular formula is C11H18N2O3S. The molecule has 2 N–H and O–H groups in total. The van der Waals surface area contributed by atoms with Crippen LogP contribution in [0.15, 0.2) is 0 Å². The van der Waals surface area contributed by atoms with Crippen molar-refractivity contribution in [3.8, 4) is 0 Å². The lowest BCUT2D eigenvalue weighted by molar-refractivity contribution is 0.0701.